The van der Waals surface area contributed by atoms with Crippen LogP contribution in [-0.2, 0) is 6.11 Å². The molecule has 0 heterocycles. The zero-order valence-electron chi connectivity index (χ0n) is 19.7. The van der Waals surface area contributed by atoms with Gasteiger partial charge in [-0.15, -0.1) is 0 Å². The lowest BCUT2D eigenvalue weighted by Crippen LogP contribution is -2.27. The number of rotatable bonds is 6. The Morgan fingerprint density at radius 3 is 1.74 bits per heavy atom. The third kappa shape index (κ3) is 5.73. The van der Waals surface area contributed by atoms with Crippen LogP contribution >= 0.6 is 0 Å². The largest absolute Gasteiger partial charge is 0.432 e. The molecule has 4 rings (SSSR count). The van der Waals surface area contributed by atoms with Crippen molar-refractivity contribution >= 4 is 10.2 Å². The summed E-state index contributed by atoms with van der Waals surface area (Å²) in [4.78, 5) is 0. The maximum absolute atomic E-state index is 14.8. The van der Waals surface area contributed by atoms with Crippen molar-refractivity contribution in [2.24, 2.45) is 17.8 Å². The standard InChI is InChI=1S/C27H29F6OSi/c1-15-22(28)12-21(13-23(15)29)34-27(32,33)26-24(30)10-20(11-25(26)31)19-8-6-18(7-9-19)17-4-2-16(14-35)3-5-17/h10-13,16-19H,2-9,14H2,1H3. The van der Waals surface area contributed by atoms with Crippen molar-refractivity contribution in [3.05, 3.63) is 64.2 Å². The molecule has 0 aromatic heterocycles. The van der Waals surface area contributed by atoms with Crippen molar-refractivity contribution in [2.45, 2.75) is 76.4 Å². The van der Waals surface area contributed by atoms with Gasteiger partial charge in [0.25, 0.3) is 0 Å². The molecule has 0 spiro atoms. The Kier molecular flexibility index (Phi) is 7.88. The summed E-state index contributed by atoms with van der Waals surface area (Å²) >= 11 is 0. The average Bonchev–Trinajstić information content (AvgIpc) is 2.81. The molecule has 2 saturated carbocycles. The summed E-state index contributed by atoms with van der Waals surface area (Å²) in [6.45, 7) is 1.13. The van der Waals surface area contributed by atoms with E-state index in [1.54, 1.807) is 0 Å². The van der Waals surface area contributed by atoms with Gasteiger partial charge in [0.2, 0.25) is 0 Å². The molecule has 0 amide bonds. The van der Waals surface area contributed by atoms with E-state index in [1.165, 1.54) is 25.7 Å². The number of ether oxygens (including phenoxy) is 1. The average molecular weight is 512 g/mol. The van der Waals surface area contributed by atoms with Crippen LogP contribution in [0, 0.1) is 47.9 Å². The fourth-order valence-electron chi connectivity index (χ4n) is 5.77. The quantitative estimate of drug-likeness (QED) is 0.280. The van der Waals surface area contributed by atoms with E-state index in [0.717, 1.165) is 56.7 Å². The highest BCUT2D eigenvalue weighted by Gasteiger charge is 2.42. The SMILES string of the molecule is Cc1c(F)cc(OC(F)(F)c2c(F)cc(C3CCC(C4CCC(C[Si])CC4)CC3)cc2F)cc1F. The van der Waals surface area contributed by atoms with Gasteiger partial charge in [0, 0.05) is 27.9 Å². The van der Waals surface area contributed by atoms with E-state index in [2.05, 4.69) is 15.0 Å². The maximum Gasteiger partial charge on any atom is 0.432 e. The monoisotopic (exact) mass is 511 g/mol. The van der Waals surface area contributed by atoms with Gasteiger partial charge in [-0.1, -0.05) is 18.9 Å². The predicted molar refractivity (Wildman–Crippen MR) is 123 cm³/mol. The van der Waals surface area contributed by atoms with Gasteiger partial charge in [0.1, 0.15) is 34.6 Å². The van der Waals surface area contributed by atoms with Crippen LogP contribution in [0.3, 0.4) is 0 Å². The smallest absolute Gasteiger partial charge is 0.429 e. The molecular weight excluding hydrogens is 482 g/mol. The second-order valence-corrected chi connectivity index (χ2v) is 10.5. The van der Waals surface area contributed by atoms with Gasteiger partial charge in [-0.3, -0.25) is 0 Å². The summed E-state index contributed by atoms with van der Waals surface area (Å²) in [5.41, 5.74) is -1.59. The molecule has 0 aliphatic heterocycles. The molecule has 35 heavy (non-hydrogen) atoms. The zero-order chi connectivity index (χ0) is 25.3. The first-order valence-electron chi connectivity index (χ1n) is 12.3. The van der Waals surface area contributed by atoms with E-state index in [4.69, 9.17) is 0 Å². The van der Waals surface area contributed by atoms with Gasteiger partial charge < -0.3 is 4.74 Å². The van der Waals surface area contributed by atoms with Crippen LogP contribution in [0.5, 0.6) is 5.75 Å². The molecule has 3 radical (unpaired) electrons. The summed E-state index contributed by atoms with van der Waals surface area (Å²) in [6.07, 6.45) is 3.87. The maximum atomic E-state index is 14.8. The van der Waals surface area contributed by atoms with Gasteiger partial charge in [-0.05, 0) is 86.8 Å². The molecule has 8 heteroatoms. The molecule has 0 unspecified atom stereocenters. The first-order chi connectivity index (χ1) is 16.6. The number of alkyl halides is 2. The van der Waals surface area contributed by atoms with Crippen LogP contribution in [0.15, 0.2) is 24.3 Å². The number of hydrogen-bond acceptors (Lipinski definition) is 1. The van der Waals surface area contributed by atoms with Gasteiger partial charge in [-0.25, -0.2) is 17.6 Å². The highest BCUT2D eigenvalue weighted by atomic mass is 28.1. The molecule has 0 saturated heterocycles. The molecular formula is C27H29F6OSi. The van der Waals surface area contributed by atoms with Gasteiger partial charge in [0.05, 0.1) is 0 Å². The first-order valence-corrected chi connectivity index (χ1v) is 13.0. The fourth-order valence-corrected chi connectivity index (χ4v) is 6.18. The lowest BCUT2D eigenvalue weighted by atomic mass is 9.68. The minimum absolute atomic E-state index is 0.0993. The predicted octanol–water partition coefficient (Wildman–Crippen LogP) is 8.35. The number of halogens is 6. The summed E-state index contributed by atoms with van der Waals surface area (Å²) in [5, 5.41) is 0. The third-order valence-electron chi connectivity index (χ3n) is 7.95. The molecule has 0 atom stereocenters. The molecule has 0 bridgehead atoms. The van der Waals surface area contributed by atoms with Crippen LogP contribution in [0.25, 0.3) is 0 Å². The molecule has 1 nitrogen and oxygen atoms in total. The Labute approximate surface area is 205 Å². The van der Waals surface area contributed by atoms with E-state index in [-0.39, 0.29) is 11.5 Å². The van der Waals surface area contributed by atoms with E-state index < -0.39 is 40.7 Å². The summed E-state index contributed by atoms with van der Waals surface area (Å²) < 4.78 is 90.6. The highest BCUT2D eigenvalue weighted by Crippen LogP contribution is 2.45. The lowest BCUT2D eigenvalue weighted by Gasteiger charge is -2.38. The molecule has 2 aliphatic rings. The van der Waals surface area contributed by atoms with Crippen LogP contribution in [0.1, 0.15) is 74.0 Å². The van der Waals surface area contributed by atoms with Crippen LogP contribution in [-0.4, -0.2) is 10.2 Å². The molecule has 2 aromatic carbocycles. The molecule has 189 valence electrons. The Balaban J connectivity index is 1.44. The van der Waals surface area contributed by atoms with Crippen molar-refractivity contribution < 1.29 is 31.1 Å². The molecule has 2 fully saturated rings. The van der Waals surface area contributed by atoms with E-state index in [9.17, 15) is 26.3 Å². The van der Waals surface area contributed by atoms with Gasteiger partial charge in [-0.2, -0.15) is 8.78 Å². The van der Waals surface area contributed by atoms with Crippen molar-refractivity contribution in [1.82, 2.24) is 0 Å². The third-order valence-corrected chi connectivity index (χ3v) is 8.52. The Morgan fingerprint density at radius 1 is 0.771 bits per heavy atom. The van der Waals surface area contributed by atoms with E-state index in [0.29, 0.717) is 29.5 Å². The second kappa shape index (κ2) is 10.6. The minimum atomic E-state index is -4.45. The van der Waals surface area contributed by atoms with E-state index in [1.807, 2.05) is 0 Å². The summed E-state index contributed by atoms with van der Waals surface area (Å²) in [5.74, 6) is -3.99. The Morgan fingerprint density at radius 2 is 1.26 bits per heavy atom. The highest BCUT2D eigenvalue weighted by molar-refractivity contribution is 6.08. The van der Waals surface area contributed by atoms with Crippen LogP contribution in [0.2, 0.25) is 6.04 Å². The fraction of sp³-hybridized carbons (Fsp3) is 0.556. The van der Waals surface area contributed by atoms with Crippen molar-refractivity contribution in [2.75, 3.05) is 0 Å². The minimum Gasteiger partial charge on any atom is -0.429 e. The first kappa shape index (κ1) is 26.1. The van der Waals surface area contributed by atoms with Crippen molar-refractivity contribution in [3.8, 4) is 5.75 Å². The molecule has 0 N–H and O–H groups in total. The molecule has 2 aliphatic carbocycles. The van der Waals surface area contributed by atoms with Crippen LogP contribution in [0.4, 0.5) is 26.3 Å². The Hall–Kier alpha value is -1.96. The topological polar surface area (TPSA) is 9.23 Å². The van der Waals surface area contributed by atoms with Gasteiger partial charge >= 0.3 is 6.11 Å². The number of hydrogen-bond donors (Lipinski definition) is 0. The van der Waals surface area contributed by atoms with E-state index >= 15 is 0 Å². The van der Waals surface area contributed by atoms with Gasteiger partial charge in [0.15, 0.2) is 0 Å². The summed E-state index contributed by atoms with van der Waals surface area (Å²) in [6, 6.07) is 4.04. The Bertz CT molecular complexity index is 996. The normalized spacial score (nSPS) is 25.5. The van der Waals surface area contributed by atoms with Crippen molar-refractivity contribution in [1.29, 1.82) is 0 Å². The van der Waals surface area contributed by atoms with Crippen molar-refractivity contribution in [3.63, 3.8) is 0 Å². The molecule has 2 aromatic rings. The second-order valence-electron chi connectivity index (χ2n) is 10.1. The summed E-state index contributed by atoms with van der Waals surface area (Å²) in [7, 11) is 3.62. The van der Waals surface area contributed by atoms with Crippen LogP contribution < -0.4 is 4.74 Å². The lowest BCUT2D eigenvalue weighted by molar-refractivity contribution is -0.189. The zero-order valence-corrected chi connectivity index (χ0v) is 20.7. The number of benzene rings is 2.